The number of nitrogens with two attached hydrogens (primary N) is 1. The van der Waals surface area contributed by atoms with Crippen LogP contribution in [0.1, 0.15) is 53.9 Å². The van der Waals surface area contributed by atoms with E-state index in [4.69, 9.17) is 22.3 Å². The maximum absolute atomic E-state index is 14.1. The standard InChI is InChI=1S/C29H30ClN3O2S/c1-4-19-8-6-9-20(5-2)27(19)33-18(3)23(26(34)10-7-15-31)16-24(29(33)35)28-32-25(17-36-28)21-11-13-22(30)14-12-21/h6,8-9,11-14,16-17H,4-5,7,10,15,31H2,1-3H3. The quantitative estimate of drug-likeness (QED) is 0.251. The normalized spacial score (nSPS) is 11.1. The number of aromatic nitrogens is 2. The van der Waals surface area contributed by atoms with Crippen LogP contribution < -0.4 is 11.3 Å². The van der Waals surface area contributed by atoms with Crippen molar-refractivity contribution in [3.05, 3.63) is 91.7 Å². The van der Waals surface area contributed by atoms with Crippen molar-refractivity contribution in [3.8, 4) is 27.5 Å². The predicted molar refractivity (Wildman–Crippen MR) is 150 cm³/mol. The second-order valence-electron chi connectivity index (χ2n) is 8.69. The molecule has 186 valence electrons. The number of ketones is 1. The van der Waals surface area contributed by atoms with Crippen molar-refractivity contribution < 1.29 is 4.79 Å². The molecule has 0 spiro atoms. The van der Waals surface area contributed by atoms with E-state index in [9.17, 15) is 9.59 Å². The molecule has 0 fully saturated rings. The Bertz CT molecular complexity index is 1430. The van der Waals surface area contributed by atoms with Gasteiger partial charge in [0.15, 0.2) is 5.78 Å². The smallest absolute Gasteiger partial charge is 0.265 e. The first-order valence-corrected chi connectivity index (χ1v) is 13.5. The van der Waals surface area contributed by atoms with Crippen LogP contribution in [0.4, 0.5) is 0 Å². The van der Waals surface area contributed by atoms with Gasteiger partial charge in [-0.3, -0.25) is 14.2 Å². The SMILES string of the molecule is CCc1cccc(CC)c1-n1c(C)c(C(=O)CCCN)cc(-c2nc(-c3ccc(Cl)cc3)cs2)c1=O. The molecule has 2 N–H and O–H groups in total. The van der Waals surface area contributed by atoms with E-state index in [1.54, 1.807) is 10.6 Å². The van der Waals surface area contributed by atoms with Crippen LogP contribution in [0.25, 0.3) is 27.5 Å². The summed E-state index contributed by atoms with van der Waals surface area (Å²) in [6.07, 6.45) is 2.47. The molecule has 5 nitrogen and oxygen atoms in total. The van der Waals surface area contributed by atoms with E-state index in [2.05, 4.69) is 13.8 Å². The maximum Gasteiger partial charge on any atom is 0.265 e. The number of nitrogens with zero attached hydrogens (tertiary/aromatic N) is 2. The molecule has 2 aromatic heterocycles. The first-order chi connectivity index (χ1) is 17.4. The van der Waals surface area contributed by atoms with E-state index in [1.165, 1.54) is 11.3 Å². The van der Waals surface area contributed by atoms with Crippen molar-refractivity contribution in [1.82, 2.24) is 9.55 Å². The molecule has 4 aromatic rings. The molecule has 2 aromatic carbocycles. The molecule has 0 aliphatic heterocycles. The van der Waals surface area contributed by atoms with Gasteiger partial charge in [0.1, 0.15) is 5.01 Å². The molecule has 0 saturated heterocycles. The second-order valence-corrected chi connectivity index (χ2v) is 9.98. The number of thiazole rings is 1. The predicted octanol–water partition coefficient (Wildman–Crippen LogP) is 6.64. The summed E-state index contributed by atoms with van der Waals surface area (Å²) in [5.74, 6) is -0.0190. The van der Waals surface area contributed by atoms with Gasteiger partial charge in [-0.15, -0.1) is 11.3 Å². The number of rotatable bonds is 9. The van der Waals surface area contributed by atoms with Gasteiger partial charge in [0, 0.05) is 33.6 Å². The summed E-state index contributed by atoms with van der Waals surface area (Å²) >= 11 is 7.44. The lowest BCUT2D eigenvalue weighted by molar-refractivity contribution is 0.0979. The third kappa shape index (κ3) is 5.07. The number of carbonyl (C=O) groups is 1. The second kappa shape index (κ2) is 11.3. The van der Waals surface area contributed by atoms with Crippen molar-refractivity contribution in [2.24, 2.45) is 5.73 Å². The molecule has 2 heterocycles. The lowest BCUT2D eigenvalue weighted by atomic mass is 9.99. The van der Waals surface area contributed by atoms with Gasteiger partial charge < -0.3 is 5.73 Å². The Labute approximate surface area is 220 Å². The molecule has 0 unspecified atom stereocenters. The number of benzene rings is 2. The van der Waals surface area contributed by atoms with E-state index in [0.717, 1.165) is 40.9 Å². The first-order valence-electron chi connectivity index (χ1n) is 12.2. The lowest BCUT2D eigenvalue weighted by Gasteiger charge is -2.21. The zero-order valence-corrected chi connectivity index (χ0v) is 22.4. The number of hydrogen-bond donors (Lipinski definition) is 1. The monoisotopic (exact) mass is 519 g/mol. The molecule has 0 radical (unpaired) electrons. The highest BCUT2D eigenvalue weighted by atomic mass is 35.5. The number of pyridine rings is 1. The summed E-state index contributed by atoms with van der Waals surface area (Å²) in [6, 6.07) is 15.3. The van der Waals surface area contributed by atoms with Gasteiger partial charge in [-0.05, 0) is 62.1 Å². The largest absolute Gasteiger partial charge is 0.330 e. The van der Waals surface area contributed by atoms with Crippen LogP contribution >= 0.6 is 22.9 Å². The molecule has 0 saturated carbocycles. The molecule has 0 amide bonds. The molecular weight excluding hydrogens is 490 g/mol. The molecule has 0 atom stereocenters. The highest BCUT2D eigenvalue weighted by Crippen LogP contribution is 2.31. The molecule has 36 heavy (non-hydrogen) atoms. The van der Waals surface area contributed by atoms with Crippen LogP contribution in [-0.4, -0.2) is 21.9 Å². The number of hydrogen-bond acceptors (Lipinski definition) is 5. The van der Waals surface area contributed by atoms with Gasteiger partial charge in [0.25, 0.3) is 5.56 Å². The Kier molecular flexibility index (Phi) is 8.19. The van der Waals surface area contributed by atoms with Gasteiger partial charge >= 0.3 is 0 Å². The Hall–Kier alpha value is -3.06. The number of para-hydroxylation sites is 1. The fourth-order valence-corrected chi connectivity index (χ4v) is 5.42. The minimum absolute atomic E-state index is 0.0190. The minimum Gasteiger partial charge on any atom is -0.330 e. The number of carbonyl (C=O) groups excluding carboxylic acids is 1. The molecule has 7 heteroatoms. The van der Waals surface area contributed by atoms with Crippen LogP contribution in [-0.2, 0) is 12.8 Å². The third-order valence-corrected chi connectivity index (χ3v) is 7.55. The highest BCUT2D eigenvalue weighted by Gasteiger charge is 2.23. The fourth-order valence-electron chi connectivity index (χ4n) is 4.46. The minimum atomic E-state index is -0.171. The summed E-state index contributed by atoms with van der Waals surface area (Å²) < 4.78 is 1.73. The Morgan fingerprint density at radius 3 is 2.36 bits per heavy atom. The first kappa shape index (κ1) is 26.0. The van der Waals surface area contributed by atoms with E-state index < -0.39 is 0 Å². The molecule has 0 bridgehead atoms. The number of halogens is 1. The Balaban J connectivity index is 1.97. The summed E-state index contributed by atoms with van der Waals surface area (Å²) in [4.78, 5) is 32.1. The van der Waals surface area contributed by atoms with Crippen LogP contribution in [0.15, 0.2) is 58.7 Å². The average Bonchev–Trinajstić information content (AvgIpc) is 3.37. The van der Waals surface area contributed by atoms with E-state index in [0.29, 0.717) is 46.2 Å². The Morgan fingerprint density at radius 2 is 1.75 bits per heavy atom. The van der Waals surface area contributed by atoms with E-state index in [1.807, 2.05) is 54.8 Å². The molecule has 0 aliphatic rings. The van der Waals surface area contributed by atoms with Gasteiger partial charge in [-0.2, -0.15) is 0 Å². The van der Waals surface area contributed by atoms with Gasteiger partial charge in [0.2, 0.25) is 0 Å². The number of aryl methyl sites for hydroxylation is 2. The summed E-state index contributed by atoms with van der Waals surface area (Å²) in [5.41, 5.74) is 11.8. The van der Waals surface area contributed by atoms with Crippen molar-refractivity contribution >= 4 is 28.7 Å². The van der Waals surface area contributed by atoms with Crippen molar-refractivity contribution in [1.29, 1.82) is 0 Å². The third-order valence-electron chi connectivity index (χ3n) is 6.42. The van der Waals surface area contributed by atoms with Gasteiger partial charge in [0.05, 0.1) is 16.9 Å². The summed E-state index contributed by atoms with van der Waals surface area (Å²) in [6.45, 7) is 6.45. The van der Waals surface area contributed by atoms with Gasteiger partial charge in [-0.1, -0.05) is 55.8 Å². The highest BCUT2D eigenvalue weighted by molar-refractivity contribution is 7.13. The van der Waals surface area contributed by atoms with Crippen LogP contribution in [0, 0.1) is 6.92 Å². The Morgan fingerprint density at radius 1 is 1.08 bits per heavy atom. The zero-order chi connectivity index (χ0) is 25.8. The molecule has 0 aliphatic carbocycles. The van der Waals surface area contributed by atoms with Crippen molar-refractivity contribution in [2.75, 3.05) is 6.54 Å². The van der Waals surface area contributed by atoms with E-state index >= 15 is 0 Å². The van der Waals surface area contributed by atoms with Crippen LogP contribution in [0.5, 0.6) is 0 Å². The maximum atomic E-state index is 14.1. The number of Topliss-reactive ketones (excluding diaryl/α,β-unsaturated/α-hetero) is 1. The van der Waals surface area contributed by atoms with E-state index in [-0.39, 0.29) is 11.3 Å². The summed E-state index contributed by atoms with van der Waals surface area (Å²) in [7, 11) is 0. The topological polar surface area (TPSA) is 78.0 Å². The van der Waals surface area contributed by atoms with Gasteiger partial charge in [-0.25, -0.2) is 4.98 Å². The molecule has 4 rings (SSSR count). The van der Waals surface area contributed by atoms with Crippen LogP contribution in [0.2, 0.25) is 5.02 Å². The zero-order valence-electron chi connectivity index (χ0n) is 20.8. The fraction of sp³-hybridized carbons (Fsp3) is 0.276. The molecular formula is C29H30ClN3O2S. The lowest BCUT2D eigenvalue weighted by Crippen LogP contribution is -2.27. The van der Waals surface area contributed by atoms with Crippen molar-refractivity contribution in [3.63, 3.8) is 0 Å². The summed E-state index contributed by atoms with van der Waals surface area (Å²) in [5, 5.41) is 3.16. The average molecular weight is 520 g/mol. The van der Waals surface area contributed by atoms with Crippen LogP contribution in [0.3, 0.4) is 0 Å². The van der Waals surface area contributed by atoms with Crippen molar-refractivity contribution in [2.45, 2.75) is 46.5 Å².